The van der Waals surface area contributed by atoms with Crippen LogP contribution in [0.4, 0.5) is 17.2 Å². The highest BCUT2D eigenvalue weighted by atomic mass is 32.2. The van der Waals surface area contributed by atoms with Crippen LogP contribution >= 0.6 is 23.1 Å². The number of pyridine rings is 1. The van der Waals surface area contributed by atoms with Crippen molar-refractivity contribution in [2.24, 2.45) is 10.8 Å². The molecule has 4 rings (SSSR count). The van der Waals surface area contributed by atoms with Crippen molar-refractivity contribution in [2.45, 2.75) is 25.3 Å². The number of hydrogen-bond donors (Lipinski definition) is 4. The molecule has 2 aromatic heterocycles. The number of amides is 1. The summed E-state index contributed by atoms with van der Waals surface area (Å²) in [4.78, 5) is 20.2. The summed E-state index contributed by atoms with van der Waals surface area (Å²) in [6.45, 7) is 4.12. The largest absolute Gasteiger partial charge is 0.382 e. The van der Waals surface area contributed by atoms with E-state index < -0.39 is 11.3 Å². The van der Waals surface area contributed by atoms with Gasteiger partial charge in [0.1, 0.15) is 10.9 Å². The lowest BCUT2D eigenvalue weighted by atomic mass is 10.2. The van der Waals surface area contributed by atoms with E-state index in [4.69, 9.17) is 5.73 Å². The Kier molecular flexibility index (Phi) is 5.05. The van der Waals surface area contributed by atoms with Gasteiger partial charge in [-0.2, -0.15) is 5.10 Å². The van der Waals surface area contributed by atoms with Gasteiger partial charge in [-0.05, 0) is 32.0 Å². The molecule has 1 atom stereocenters. The number of rotatable bonds is 6. The molecule has 144 valence electrons. The summed E-state index contributed by atoms with van der Waals surface area (Å²) in [5.41, 5.74) is 13.6. The van der Waals surface area contributed by atoms with E-state index >= 15 is 0 Å². The summed E-state index contributed by atoms with van der Waals surface area (Å²) < 4.78 is 1.11. The molecule has 0 fully saturated rings. The van der Waals surface area contributed by atoms with Crippen molar-refractivity contribution in [3.05, 3.63) is 41.5 Å². The zero-order chi connectivity index (χ0) is 19.7. The summed E-state index contributed by atoms with van der Waals surface area (Å²) in [6.07, 6.45) is 1.75. The number of hydrazone groups is 1. The van der Waals surface area contributed by atoms with Gasteiger partial charge in [-0.1, -0.05) is 11.8 Å². The molecule has 28 heavy (non-hydrogen) atoms. The van der Waals surface area contributed by atoms with Gasteiger partial charge in [-0.3, -0.25) is 10.2 Å². The molecule has 1 aromatic carbocycles. The number of primary amides is 1. The molecule has 1 aliphatic heterocycles. The predicted octanol–water partition coefficient (Wildman–Crippen LogP) is 3.06. The number of hydrogen-bond acceptors (Lipinski definition) is 9. The van der Waals surface area contributed by atoms with Crippen molar-refractivity contribution in [1.82, 2.24) is 15.4 Å². The Hall–Kier alpha value is -2.85. The van der Waals surface area contributed by atoms with Crippen LogP contribution in [0.2, 0.25) is 0 Å². The topological polar surface area (TPSA) is 117 Å². The van der Waals surface area contributed by atoms with Crippen molar-refractivity contribution in [3.63, 3.8) is 0 Å². The maximum absolute atomic E-state index is 11.4. The molecule has 1 unspecified atom stereocenters. The molecule has 0 aliphatic carbocycles. The number of anilines is 3. The van der Waals surface area contributed by atoms with Crippen molar-refractivity contribution in [3.8, 4) is 0 Å². The van der Waals surface area contributed by atoms with E-state index in [1.165, 1.54) is 11.8 Å². The van der Waals surface area contributed by atoms with E-state index in [0.717, 1.165) is 27.2 Å². The summed E-state index contributed by atoms with van der Waals surface area (Å²) in [5, 5.41) is 11.1. The Balaban J connectivity index is 1.61. The van der Waals surface area contributed by atoms with Gasteiger partial charge in [-0.15, -0.1) is 11.3 Å². The molecule has 5 N–H and O–H groups in total. The van der Waals surface area contributed by atoms with Gasteiger partial charge in [0.05, 0.1) is 21.3 Å². The Bertz CT molecular complexity index is 1060. The Labute approximate surface area is 170 Å². The van der Waals surface area contributed by atoms with Crippen LogP contribution in [0.15, 0.2) is 41.1 Å². The molecule has 1 amide bonds. The molecule has 0 radical (unpaired) electrons. The average molecular weight is 414 g/mol. The molecule has 10 heteroatoms. The average Bonchev–Trinajstić information content (AvgIpc) is 3.30. The minimum absolute atomic E-state index is 0.217. The molecule has 1 aliphatic rings. The van der Waals surface area contributed by atoms with Crippen LogP contribution in [0.25, 0.3) is 10.2 Å². The van der Waals surface area contributed by atoms with Crippen LogP contribution in [0.5, 0.6) is 0 Å². The third-order valence-electron chi connectivity index (χ3n) is 3.95. The van der Waals surface area contributed by atoms with Crippen LogP contribution in [0.1, 0.15) is 19.4 Å². The third kappa shape index (κ3) is 3.87. The first-order valence-electron chi connectivity index (χ1n) is 8.66. The van der Waals surface area contributed by atoms with Crippen LogP contribution in [-0.4, -0.2) is 32.3 Å². The minimum Gasteiger partial charge on any atom is -0.382 e. The second-order valence-electron chi connectivity index (χ2n) is 6.52. The van der Waals surface area contributed by atoms with E-state index in [-0.39, 0.29) is 6.04 Å². The number of carbonyl (C=O) groups is 1. The lowest BCUT2D eigenvalue weighted by Crippen LogP contribution is -2.32. The minimum atomic E-state index is -0.564. The van der Waals surface area contributed by atoms with Crippen LogP contribution in [0.3, 0.4) is 0 Å². The number of nitrogens with two attached hydrogens (primary N) is 1. The van der Waals surface area contributed by atoms with Crippen LogP contribution in [0, 0.1) is 0 Å². The molecule has 0 saturated carbocycles. The summed E-state index contributed by atoms with van der Waals surface area (Å²) >= 11 is 2.88. The number of thioether (sulfide) groups is 1. The zero-order valence-electron chi connectivity index (χ0n) is 15.3. The third-order valence-corrected chi connectivity index (χ3v) is 5.85. The Morgan fingerprint density at radius 1 is 1.29 bits per heavy atom. The summed E-state index contributed by atoms with van der Waals surface area (Å²) in [7, 11) is 0. The number of nitrogens with zero attached hydrogens (tertiary/aromatic N) is 3. The molecule has 0 spiro atoms. The number of fused-ring (bicyclic) bond motifs is 1. The van der Waals surface area contributed by atoms with Crippen molar-refractivity contribution in [2.75, 3.05) is 10.6 Å². The fraction of sp³-hybridized carbons (Fsp3) is 0.222. The monoisotopic (exact) mass is 413 g/mol. The fourth-order valence-electron chi connectivity index (χ4n) is 2.73. The maximum atomic E-state index is 11.4. The lowest BCUT2D eigenvalue weighted by molar-refractivity contribution is -0.117. The molecule has 8 nitrogen and oxygen atoms in total. The number of carbonyl (C=O) groups excluding carboxylic acids is 1. The van der Waals surface area contributed by atoms with Gasteiger partial charge in [0.2, 0.25) is 0 Å². The van der Waals surface area contributed by atoms with Gasteiger partial charge in [0.25, 0.3) is 5.91 Å². The summed E-state index contributed by atoms with van der Waals surface area (Å²) in [6, 6.07) is 8.17. The Morgan fingerprint density at radius 3 is 2.89 bits per heavy atom. The van der Waals surface area contributed by atoms with Gasteiger partial charge in [-0.25, -0.2) is 9.97 Å². The van der Waals surface area contributed by atoms with E-state index in [1.54, 1.807) is 17.5 Å². The quantitative estimate of drug-likeness (QED) is 0.490. The van der Waals surface area contributed by atoms with Crippen molar-refractivity contribution < 1.29 is 4.79 Å². The second-order valence-corrected chi connectivity index (χ2v) is 8.50. The number of nitrogens with one attached hydrogen (secondary N) is 3. The molecule has 3 heterocycles. The van der Waals surface area contributed by atoms with E-state index in [9.17, 15) is 4.79 Å². The van der Waals surface area contributed by atoms with Gasteiger partial charge >= 0.3 is 0 Å². The van der Waals surface area contributed by atoms with Gasteiger partial charge < -0.3 is 16.4 Å². The van der Waals surface area contributed by atoms with Crippen LogP contribution in [-0.2, 0) is 4.79 Å². The lowest BCUT2D eigenvalue weighted by Gasteiger charge is -2.16. The molecule has 0 saturated heterocycles. The van der Waals surface area contributed by atoms with Crippen molar-refractivity contribution in [1.29, 1.82) is 0 Å². The Morgan fingerprint density at radius 2 is 2.14 bits per heavy atom. The highest BCUT2D eigenvalue weighted by Gasteiger charge is 2.27. The first-order valence-corrected chi connectivity index (χ1v) is 10.4. The summed E-state index contributed by atoms with van der Waals surface area (Å²) in [5.74, 6) is 0.255. The smallest absolute Gasteiger partial charge is 0.252 e. The van der Waals surface area contributed by atoms with E-state index in [0.29, 0.717) is 10.9 Å². The molecular weight excluding hydrogens is 394 g/mol. The maximum Gasteiger partial charge on any atom is 0.252 e. The normalized spacial score (nSPS) is 16.1. The molecular formula is C18H19N7OS2. The van der Waals surface area contributed by atoms with Crippen LogP contribution < -0.4 is 21.8 Å². The SMILES string of the molecule is CC(C)Nc1cc(Nc2ccc3ncsc3c2)ncc1C1=NNC(C(N)=O)S1. The zero-order valence-corrected chi connectivity index (χ0v) is 16.9. The highest BCUT2D eigenvalue weighted by Crippen LogP contribution is 2.30. The van der Waals surface area contributed by atoms with Gasteiger partial charge in [0.15, 0.2) is 5.37 Å². The first-order chi connectivity index (χ1) is 13.5. The van der Waals surface area contributed by atoms with E-state index in [1.807, 2.05) is 23.7 Å². The molecule has 0 bridgehead atoms. The fourth-order valence-corrected chi connectivity index (χ4v) is 4.29. The standard InChI is InChI=1S/C18H19N7OS2/c1-9(2)22-13-6-15(23-10-3-4-12-14(5-10)27-8-21-12)20-7-11(13)17-24-25-18(28-17)16(19)26/h3-9,18,25H,1-2H3,(H2,19,26)(H2,20,22,23). The first kappa shape index (κ1) is 18.5. The second kappa shape index (κ2) is 7.64. The van der Waals surface area contributed by atoms with Crippen molar-refractivity contribution >= 4 is 61.5 Å². The molecule has 3 aromatic rings. The number of aromatic nitrogens is 2. The highest BCUT2D eigenvalue weighted by molar-refractivity contribution is 8.15. The number of thiazole rings is 1. The predicted molar refractivity (Wildman–Crippen MR) is 116 cm³/mol. The van der Waals surface area contributed by atoms with E-state index in [2.05, 4.69) is 51.0 Å². The number of benzene rings is 1. The van der Waals surface area contributed by atoms with Gasteiger partial charge in [0, 0.05) is 29.7 Å².